The standard InChI is InChI=1S/C53H83N5O10.C34H56N4O7.C18H28N2O4/c1-16-35(6)48(44(65-13)31-45(60)58-26-20-23-42(58)49(66-14)36(7)50(62)55-41(52(64)67-15)28-37-21-18-17-19-22-37)57(12)51(63)40(33(2)3)30-43(59)47(34(4)5)56(11)32-38-24-25-54-39(27-38)29-46(61)68-53(8,9)10;1-10-22(4)30(37(6)33(41)29(35)21(2)3)27(43-7)20-28(39)38-18-14-17-26(38)31(44-8)23(5)32(40)36-25(34(42)45-9)19-24-15-12-11-13-16-24;1-12(2)16(17(22)23)20(6)11-13-7-8-19-14(9-13)10-15(21)24-18(3,4)5/h17-19,21-22,24-25,27,33-36,40-42,44,47-49H,16,20,23,26,28-32H2,1-15H3,(H,55,62);11-13,15-16,21-23,25-27,29-31H,10,14,17-20,35H2,1-9H3,(H,36,40);7-9,12,16H,10-11H2,1-6H3,(H,22,23)/t35-,36+,40-,41-,42-,44+,47-,48-,49+;22-,23+,25-,26-,27+,29-,30-,31+;16-/m000/s1. The first-order valence-electron chi connectivity index (χ1n) is 48.6. The normalized spacial score (nSPS) is 17.6. The number of nitrogens with two attached hydrogens (primary N) is 1. The maximum atomic E-state index is 14.8. The number of rotatable bonds is 50. The fourth-order valence-electron chi connectivity index (χ4n) is 18.7. The number of ether oxygens (including phenoxy) is 8. The lowest BCUT2D eigenvalue weighted by Crippen LogP contribution is -2.56. The molecule has 4 heterocycles. The number of aromatic nitrogens is 2. The second-order valence-electron chi connectivity index (χ2n) is 40.4. The summed E-state index contributed by atoms with van der Waals surface area (Å²) < 4.78 is 44.6. The molecule has 0 radical (unpaired) electrons. The number of hydrogen-bond donors (Lipinski definition) is 4. The Balaban J connectivity index is 0.000000484. The van der Waals surface area contributed by atoms with E-state index in [0.717, 1.165) is 35.1 Å². The molecule has 2 saturated heterocycles. The molecular weight excluding hydrogens is 1750 g/mol. The van der Waals surface area contributed by atoms with Gasteiger partial charge in [-0.25, -0.2) is 9.59 Å². The van der Waals surface area contributed by atoms with Gasteiger partial charge in [-0.15, -0.1) is 0 Å². The number of aliphatic carboxylic acids is 1. The molecule has 5 N–H and O–H groups in total. The van der Waals surface area contributed by atoms with E-state index >= 15 is 0 Å². The average Bonchev–Trinajstić information content (AvgIpc) is 1.75. The van der Waals surface area contributed by atoms with Gasteiger partial charge in [0.05, 0.1) is 124 Å². The number of likely N-dealkylation sites (tertiary alicyclic amines) is 2. The molecule has 137 heavy (non-hydrogen) atoms. The van der Waals surface area contributed by atoms with Crippen molar-refractivity contribution in [1.82, 2.24) is 50.0 Å². The number of carbonyl (C=O) groups excluding carboxylic acids is 11. The number of carboxylic acids is 1. The number of methoxy groups -OCH3 is 6. The van der Waals surface area contributed by atoms with Gasteiger partial charge in [0.2, 0.25) is 35.4 Å². The number of amides is 6. The molecule has 2 aliphatic rings. The number of esters is 4. The third kappa shape index (κ3) is 37.4. The molecule has 2 aromatic heterocycles. The lowest BCUT2D eigenvalue weighted by atomic mass is 9.83. The summed E-state index contributed by atoms with van der Waals surface area (Å²) in [4.78, 5) is 178. The van der Waals surface area contributed by atoms with Crippen LogP contribution in [0.4, 0.5) is 0 Å². The van der Waals surface area contributed by atoms with Crippen LogP contribution in [-0.2, 0) is 134 Å². The highest BCUT2D eigenvalue weighted by atomic mass is 16.6. The number of pyridine rings is 2. The lowest BCUT2D eigenvalue weighted by molar-refractivity contribution is -0.155. The van der Waals surface area contributed by atoms with Gasteiger partial charge < -0.3 is 79.0 Å². The largest absolute Gasteiger partial charge is 0.480 e. The summed E-state index contributed by atoms with van der Waals surface area (Å²) in [6.07, 6.45) is 5.79. The number of likely N-dealkylation sites (N-methyl/N-ethyl adjacent to an activating group) is 4. The highest BCUT2D eigenvalue weighted by Gasteiger charge is 2.47. The Morgan fingerprint density at radius 3 is 1.16 bits per heavy atom. The third-order valence-corrected chi connectivity index (χ3v) is 26.1. The van der Waals surface area contributed by atoms with Crippen LogP contribution in [0.5, 0.6) is 0 Å². The van der Waals surface area contributed by atoms with Crippen LogP contribution in [0.1, 0.15) is 230 Å². The topological polar surface area (TPSA) is 394 Å². The van der Waals surface area contributed by atoms with Gasteiger partial charge in [-0.05, 0) is 163 Å². The van der Waals surface area contributed by atoms with Crippen molar-refractivity contribution in [2.75, 3.05) is 83.9 Å². The van der Waals surface area contributed by atoms with Crippen LogP contribution in [0.3, 0.4) is 0 Å². The van der Waals surface area contributed by atoms with Crippen molar-refractivity contribution >= 4 is 71.1 Å². The summed E-state index contributed by atoms with van der Waals surface area (Å²) in [6.45, 7) is 40.0. The summed E-state index contributed by atoms with van der Waals surface area (Å²) in [5.74, 6) is -6.38. The van der Waals surface area contributed by atoms with Crippen molar-refractivity contribution in [3.63, 3.8) is 0 Å². The first kappa shape index (κ1) is 120. The van der Waals surface area contributed by atoms with E-state index in [1.54, 1.807) is 86.1 Å². The second-order valence-corrected chi connectivity index (χ2v) is 40.4. The molecule has 768 valence electrons. The second kappa shape index (κ2) is 57.8. The predicted octanol–water partition coefficient (Wildman–Crippen LogP) is 11.8. The van der Waals surface area contributed by atoms with Gasteiger partial charge in [-0.3, -0.25) is 67.7 Å². The van der Waals surface area contributed by atoms with Gasteiger partial charge in [-0.2, -0.15) is 0 Å². The van der Waals surface area contributed by atoms with Gasteiger partial charge >= 0.3 is 29.8 Å². The fraction of sp³-hybridized carbons (Fsp3) is 0.676. The van der Waals surface area contributed by atoms with Gasteiger partial charge in [0.1, 0.15) is 29.3 Å². The van der Waals surface area contributed by atoms with Crippen molar-refractivity contribution in [3.8, 4) is 0 Å². The molecule has 18 atom stereocenters. The summed E-state index contributed by atoms with van der Waals surface area (Å²) in [6, 6.07) is 21.0. The number of hydrogen-bond acceptors (Lipinski definition) is 25. The molecular formula is C105H167N11O21. The zero-order valence-electron chi connectivity index (χ0n) is 87.7. The van der Waals surface area contributed by atoms with Crippen LogP contribution >= 0.6 is 0 Å². The lowest BCUT2D eigenvalue weighted by Gasteiger charge is -2.41. The van der Waals surface area contributed by atoms with E-state index in [1.165, 1.54) is 28.4 Å². The van der Waals surface area contributed by atoms with E-state index in [2.05, 4.69) is 20.6 Å². The molecule has 2 aromatic carbocycles. The molecule has 2 fully saturated rings. The first-order valence-corrected chi connectivity index (χ1v) is 48.6. The molecule has 6 rings (SSSR count). The molecule has 0 saturated carbocycles. The average molecular weight is 1920 g/mol. The molecule has 32 heteroatoms. The van der Waals surface area contributed by atoms with Gasteiger partial charge in [0.15, 0.2) is 5.78 Å². The molecule has 0 spiro atoms. The van der Waals surface area contributed by atoms with E-state index in [0.29, 0.717) is 63.3 Å². The van der Waals surface area contributed by atoms with Crippen LogP contribution in [0, 0.1) is 53.3 Å². The molecule has 4 aromatic rings. The quantitative estimate of drug-likeness (QED) is 0.0236. The van der Waals surface area contributed by atoms with Crippen molar-refractivity contribution in [1.29, 1.82) is 0 Å². The van der Waals surface area contributed by atoms with Gasteiger partial charge in [0.25, 0.3) is 0 Å². The highest BCUT2D eigenvalue weighted by Crippen LogP contribution is 2.35. The number of nitrogens with one attached hydrogen (secondary N) is 2. The molecule has 2 aliphatic heterocycles. The van der Waals surface area contributed by atoms with E-state index < -0.39 is 119 Å². The maximum absolute atomic E-state index is 14.8. The number of Topliss-reactive ketones (excluding diaryl/α,β-unsaturated/α-hetero) is 1. The van der Waals surface area contributed by atoms with Crippen molar-refractivity contribution < 1.29 is 101 Å². The number of ketones is 1. The maximum Gasteiger partial charge on any atom is 0.328 e. The van der Waals surface area contributed by atoms with Crippen LogP contribution in [0.25, 0.3) is 0 Å². The molecule has 0 bridgehead atoms. The number of nitrogens with zero attached hydrogens (tertiary/aromatic N) is 8. The smallest absolute Gasteiger partial charge is 0.328 e. The molecule has 0 aliphatic carbocycles. The molecule has 0 unspecified atom stereocenters. The Bertz CT molecular complexity index is 4450. The zero-order valence-corrected chi connectivity index (χ0v) is 87.7. The van der Waals surface area contributed by atoms with E-state index in [-0.39, 0.29) is 140 Å². The molecule has 6 amide bonds. The van der Waals surface area contributed by atoms with Crippen molar-refractivity contribution in [3.05, 3.63) is 131 Å². The first-order chi connectivity index (χ1) is 64.3. The minimum absolute atomic E-state index is 0.00410. The Kier molecular flexibility index (Phi) is 50.4. The monoisotopic (exact) mass is 1920 g/mol. The summed E-state index contributed by atoms with van der Waals surface area (Å²) in [5.41, 5.74) is 9.85. The van der Waals surface area contributed by atoms with Gasteiger partial charge in [-0.1, -0.05) is 170 Å². The van der Waals surface area contributed by atoms with Gasteiger partial charge in [0, 0.05) is 106 Å². The highest BCUT2D eigenvalue weighted by molar-refractivity contribution is 5.91. The van der Waals surface area contributed by atoms with Crippen molar-refractivity contribution in [2.45, 2.75) is 325 Å². The van der Waals surface area contributed by atoms with E-state index in [9.17, 15) is 62.6 Å². The Morgan fingerprint density at radius 1 is 0.482 bits per heavy atom. The van der Waals surface area contributed by atoms with Crippen LogP contribution in [-0.4, -0.2) is 289 Å². The number of benzene rings is 2. The fourth-order valence-corrected chi connectivity index (χ4v) is 18.7. The molecule has 32 nitrogen and oxygen atoms in total. The van der Waals surface area contributed by atoms with E-state index in [4.69, 9.17) is 43.6 Å². The van der Waals surface area contributed by atoms with Crippen LogP contribution < -0.4 is 16.4 Å². The van der Waals surface area contributed by atoms with Crippen LogP contribution in [0.2, 0.25) is 0 Å². The summed E-state index contributed by atoms with van der Waals surface area (Å²) >= 11 is 0. The minimum Gasteiger partial charge on any atom is -0.480 e. The summed E-state index contributed by atoms with van der Waals surface area (Å²) in [7, 11) is 15.9. The number of carbonyl (C=O) groups is 12. The summed E-state index contributed by atoms with van der Waals surface area (Å²) in [5, 5.41) is 15.1. The number of carboxylic acid groups (broad SMARTS) is 1. The Hall–Kier alpha value is -9.70. The predicted molar refractivity (Wildman–Crippen MR) is 527 cm³/mol. The SMILES string of the molecule is CC(C)[C@@H](C(=O)O)N(C)Cc1ccnc(CC(=O)OC(C)(C)C)c1.CC[C@H](C)[C@@H]([C@@H](CC(=O)N1CCC[C@H]1[C@H](OC)[C@@H](C)C(=O)N[C@@H](Cc1ccccc1)C(=O)OC)OC)N(C)C(=O)[C@@H](CC(=O)[C@H](C(C)C)N(C)Cc1ccnc(CC(=O)OC(C)(C)C)c1)C(C)C.CC[C@H](C)[C@@H]([C@@H](CC(=O)N1CCC[C@H]1[C@H](OC)[C@@H](C)C(=O)N[C@@H](Cc1ccccc1)C(=O)OC)OC)N(C)C(=O)[C@@H](N)C(C)C. The Labute approximate surface area is 816 Å². The minimum atomic E-state index is -0.909. The van der Waals surface area contributed by atoms with Crippen LogP contribution in [0.15, 0.2) is 97.3 Å². The Morgan fingerprint density at radius 2 is 0.847 bits per heavy atom. The van der Waals surface area contributed by atoms with Crippen molar-refractivity contribution in [2.24, 2.45) is 59.0 Å². The van der Waals surface area contributed by atoms with E-state index in [1.807, 2.05) is 222 Å². The zero-order chi connectivity index (χ0) is 103. The third-order valence-electron chi connectivity index (χ3n) is 26.1.